The highest BCUT2D eigenvalue weighted by Crippen LogP contribution is 2.54. The van der Waals surface area contributed by atoms with E-state index >= 15 is 0 Å². The molecule has 0 saturated heterocycles. The highest BCUT2D eigenvalue weighted by molar-refractivity contribution is 4.98. The van der Waals surface area contributed by atoms with Gasteiger partial charge < -0.3 is 5.73 Å². The Morgan fingerprint density at radius 2 is 1.75 bits per heavy atom. The van der Waals surface area contributed by atoms with E-state index in [-0.39, 0.29) is 0 Å². The van der Waals surface area contributed by atoms with Gasteiger partial charge in [0.05, 0.1) is 0 Å². The zero-order valence-corrected chi connectivity index (χ0v) is 11.9. The van der Waals surface area contributed by atoms with Gasteiger partial charge in [0.15, 0.2) is 0 Å². The molecule has 0 aromatic heterocycles. The van der Waals surface area contributed by atoms with Crippen molar-refractivity contribution in [3.05, 3.63) is 0 Å². The minimum Gasteiger partial charge on any atom is -0.328 e. The third kappa shape index (κ3) is 2.45. The molecule has 1 fully saturated rings. The van der Waals surface area contributed by atoms with E-state index < -0.39 is 0 Å². The van der Waals surface area contributed by atoms with Gasteiger partial charge in [-0.2, -0.15) is 0 Å². The van der Waals surface area contributed by atoms with Gasteiger partial charge in [-0.25, -0.2) is 0 Å². The van der Waals surface area contributed by atoms with Gasteiger partial charge in [0, 0.05) is 6.04 Å². The summed E-state index contributed by atoms with van der Waals surface area (Å²) in [5, 5.41) is 0. The predicted molar refractivity (Wildman–Crippen MR) is 72.3 cm³/mol. The fourth-order valence-electron chi connectivity index (χ4n) is 4.27. The van der Waals surface area contributed by atoms with Crippen LogP contribution >= 0.6 is 0 Å². The summed E-state index contributed by atoms with van der Waals surface area (Å²) in [6, 6.07) is 0.365. The largest absolute Gasteiger partial charge is 0.328 e. The van der Waals surface area contributed by atoms with Crippen molar-refractivity contribution in [1.29, 1.82) is 0 Å². The zero-order chi connectivity index (χ0) is 12.3. The molecule has 0 bridgehead atoms. The number of nitrogens with two attached hydrogens (primary N) is 1. The third-order valence-corrected chi connectivity index (χ3v) is 5.31. The Labute approximate surface area is 102 Å². The first-order chi connectivity index (χ1) is 7.47. The molecule has 0 heterocycles. The number of hydrogen-bond donors (Lipinski definition) is 1. The maximum atomic E-state index is 6.19. The van der Waals surface area contributed by atoms with Crippen LogP contribution in [0.5, 0.6) is 0 Å². The molecule has 0 aromatic carbocycles. The summed E-state index contributed by atoms with van der Waals surface area (Å²) >= 11 is 0. The Bertz CT molecular complexity index is 211. The first kappa shape index (κ1) is 14.0. The van der Waals surface area contributed by atoms with Crippen molar-refractivity contribution in [1.82, 2.24) is 0 Å². The molecule has 1 aliphatic carbocycles. The first-order valence-corrected chi connectivity index (χ1v) is 7.22. The van der Waals surface area contributed by atoms with E-state index in [1.165, 1.54) is 32.1 Å². The van der Waals surface area contributed by atoms with Gasteiger partial charge in [-0.3, -0.25) is 0 Å². The topological polar surface area (TPSA) is 26.0 Å². The van der Waals surface area contributed by atoms with Crippen LogP contribution in [0.2, 0.25) is 0 Å². The fraction of sp³-hybridized carbons (Fsp3) is 1.00. The minimum atomic E-state index is 0.365. The van der Waals surface area contributed by atoms with Crippen molar-refractivity contribution in [2.24, 2.45) is 28.9 Å². The SMILES string of the molecule is CCCC(C)C1CCC(C(C)N)C1(C)CC. The molecule has 0 amide bonds. The van der Waals surface area contributed by atoms with Crippen molar-refractivity contribution in [2.45, 2.75) is 72.8 Å². The van der Waals surface area contributed by atoms with E-state index in [0.717, 1.165) is 17.8 Å². The Kier molecular flexibility index (Phi) is 4.85. The number of rotatable bonds is 5. The lowest BCUT2D eigenvalue weighted by molar-refractivity contribution is 0.0932. The van der Waals surface area contributed by atoms with Crippen molar-refractivity contribution in [3.8, 4) is 0 Å². The van der Waals surface area contributed by atoms with Gasteiger partial charge in [-0.05, 0) is 42.9 Å². The highest BCUT2D eigenvalue weighted by atomic mass is 14.7. The summed E-state index contributed by atoms with van der Waals surface area (Å²) in [7, 11) is 0. The molecular formula is C15H31N. The first-order valence-electron chi connectivity index (χ1n) is 7.22. The Hall–Kier alpha value is -0.0400. The van der Waals surface area contributed by atoms with E-state index in [2.05, 4.69) is 34.6 Å². The van der Waals surface area contributed by atoms with Crippen LogP contribution in [0, 0.1) is 23.2 Å². The average molecular weight is 225 g/mol. The van der Waals surface area contributed by atoms with Gasteiger partial charge in [0.2, 0.25) is 0 Å². The quantitative estimate of drug-likeness (QED) is 0.745. The molecule has 0 radical (unpaired) electrons. The Morgan fingerprint density at radius 1 is 1.19 bits per heavy atom. The molecule has 1 aliphatic rings. The maximum Gasteiger partial charge on any atom is 0.00440 e. The van der Waals surface area contributed by atoms with E-state index in [1.54, 1.807) is 0 Å². The summed E-state index contributed by atoms with van der Waals surface area (Å²) in [5.74, 6) is 2.51. The molecule has 1 nitrogen and oxygen atoms in total. The van der Waals surface area contributed by atoms with Crippen molar-refractivity contribution < 1.29 is 0 Å². The molecule has 1 rings (SSSR count). The normalized spacial score (nSPS) is 38.6. The summed E-state index contributed by atoms with van der Waals surface area (Å²) in [6.45, 7) is 11.8. The summed E-state index contributed by atoms with van der Waals surface area (Å²) < 4.78 is 0. The van der Waals surface area contributed by atoms with Crippen LogP contribution in [0.4, 0.5) is 0 Å². The second kappa shape index (κ2) is 5.53. The summed E-state index contributed by atoms with van der Waals surface area (Å²) in [4.78, 5) is 0. The predicted octanol–water partition coefficient (Wildman–Crippen LogP) is 4.21. The van der Waals surface area contributed by atoms with Crippen molar-refractivity contribution in [3.63, 3.8) is 0 Å². The molecule has 0 aromatic rings. The lowest BCUT2D eigenvalue weighted by Gasteiger charge is -2.41. The van der Waals surface area contributed by atoms with Crippen LogP contribution in [-0.2, 0) is 0 Å². The standard InChI is InChI=1S/C15H31N/c1-6-8-11(3)13-9-10-14(12(4)16)15(13,5)7-2/h11-14H,6-10,16H2,1-5H3. The molecule has 5 atom stereocenters. The highest BCUT2D eigenvalue weighted by Gasteiger charge is 2.47. The molecule has 0 aliphatic heterocycles. The second-order valence-corrected chi connectivity index (χ2v) is 6.27. The molecule has 16 heavy (non-hydrogen) atoms. The van der Waals surface area contributed by atoms with Crippen LogP contribution < -0.4 is 5.73 Å². The molecular weight excluding hydrogens is 194 g/mol. The van der Waals surface area contributed by atoms with Gasteiger partial charge in [-0.1, -0.05) is 47.0 Å². The molecule has 2 N–H and O–H groups in total. The minimum absolute atomic E-state index is 0.365. The van der Waals surface area contributed by atoms with Crippen LogP contribution in [0.1, 0.15) is 66.7 Å². The monoisotopic (exact) mass is 225 g/mol. The maximum absolute atomic E-state index is 6.19. The third-order valence-electron chi connectivity index (χ3n) is 5.31. The lowest BCUT2D eigenvalue weighted by atomic mass is 9.65. The summed E-state index contributed by atoms with van der Waals surface area (Å²) in [6.07, 6.45) is 6.74. The Morgan fingerprint density at radius 3 is 2.19 bits per heavy atom. The van der Waals surface area contributed by atoms with Crippen LogP contribution in [0.25, 0.3) is 0 Å². The van der Waals surface area contributed by atoms with Crippen LogP contribution in [0.3, 0.4) is 0 Å². The molecule has 5 unspecified atom stereocenters. The molecule has 1 saturated carbocycles. The van der Waals surface area contributed by atoms with Gasteiger partial charge in [-0.15, -0.1) is 0 Å². The van der Waals surface area contributed by atoms with E-state index in [4.69, 9.17) is 5.73 Å². The Balaban J connectivity index is 2.80. The average Bonchev–Trinajstić information content (AvgIpc) is 2.57. The van der Waals surface area contributed by atoms with Crippen LogP contribution in [-0.4, -0.2) is 6.04 Å². The van der Waals surface area contributed by atoms with Gasteiger partial charge in [0.1, 0.15) is 0 Å². The summed E-state index contributed by atoms with van der Waals surface area (Å²) in [5.41, 5.74) is 6.67. The molecule has 1 heteroatoms. The van der Waals surface area contributed by atoms with Crippen LogP contribution in [0.15, 0.2) is 0 Å². The fourth-order valence-corrected chi connectivity index (χ4v) is 4.27. The van der Waals surface area contributed by atoms with Gasteiger partial charge >= 0.3 is 0 Å². The van der Waals surface area contributed by atoms with Gasteiger partial charge in [0.25, 0.3) is 0 Å². The van der Waals surface area contributed by atoms with E-state index in [1.807, 2.05) is 0 Å². The lowest BCUT2D eigenvalue weighted by Crippen LogP contribution is -2.40. The smallest absolute Gasteiger partial charge is 0.00440 e. The van der Waals surface area contributed by atoms with E-state index in [0.29, 0.717) is 11.5 Å². The van der Waals surface area contributed by atoms with E-state index in [9.17, 15) is 0 Å². The number of hydrogen-bond acceptors (Lipinski definition) is 1. The molecule has 96 valence electrons. The molecule has 0 spiro atoms. The van der Waals surface area contributed by atoms with Crippen molar-refractivity contribution >= 4 is 0 Å². The zero-order valence-electron chi connectivity index (χ0n) is 11.9. The second-order valence-electron chi connectivity index (χ2n) is 6.27. The van der Waals surface area contributed by atoms with Crippen molar-refractivity contribution in [2.75, 3.05) is 0 Å².